The highest BCUT2D eigenvalue weighted by Gasteiger charge is 2.61. The number of hydrogen-bond donors (Lipinski definition) is 2. The molecule has 2 aliphatic heterocycles. The Morgan fingerprint density at radius 3 is 2.09 bits per heavy atom. The van der Waals surface area contributed by atoms with Gasteiger partial charge in [-0.05, 0) is 43.5 Å². The summed E-state index contributed by atoms with van der Waals surface area (Å²) >= 11 is 0. The van der Waals surface area contributed by atoms with Gasteiger partial charge in [0.05, 0.1) is 5.75 Å². The number of sulfonamides is 1. The highest BCUT2D eigenvalue weighted by Crippen LogP contribution is 2.37. The van der Waals surface area contributed by atoms with E-state index in [9.17, 15) is 40.0 Å². The SMILES string of the molecule is CC[C@]1(CS(=O)(=O)N2CCC(Oc3ccc(OC(F)(F)C(F)(F)F)cc3)CC2)NC(=O)NC1=O. The summed E-state index contributed by atoms with van der Waals surface area (Å²) in [5.74, 6) is -1.83. The standard InChI is InChI=1S/C19H22F5N3O6S/c1-2-17(15(28)25-16(29)26-17)11-34(30,31)27-9-7-13(8-10-27)32-12-3-5-14(6-4-12)33-19(23,24)18(20,21)22/h3-6,13H,2,7-11H2,1H3,(H2,25,26,28,29)/t17-/m1/s1. The summed E-state index contributed by atoms with van der Waals surface area (Å²) in [4.78, 5) is 23.6. The van der Waals surface area contributed by atoms with Crippen molar-refractivity contribution < 1.29 is 49.4 Å². The zero-order chi connectivity index (χ0) is 25.4. The number of alkyl halides is 5. The fourth-order valence-electron chi connectivity index (χ4n) is 3.60. The van der Waals surface area contributed by atoms with Crippen molar-refractivity contribution in [3.05, 3.63) is 24.3 Å². The number of ether oxygens (including phenoxy) is 2. The lowest BCUT2D eigenvalue weighted by atomic mass is 10.00. The maximum absolute atomic E-state index is 13.0. The van der Waals surface area contributed by atoms with Crippen molar-refractivity contribution in [1.82, 2.24) is 14.9 Å². The molecule has 0 unspecified atom stereocenters. The topological polar surface area (TPSA) is 114 Å². The van der Waals surface area contributed by atoms with E-state index in [1.165, 1.54) is 4.31 Å². The minimum absolute atomic E-state index is 0.0708. The van der Waals surface area contributed by atoms with Crippen LogP contribution in [0.2, 0.25) is 0 Å². The first-order chi connectivity index (χ1) is 15.7. The molecule has 9 nitrogen and oxygen atoms in total. The Hall–Kier alpha value is -2.68. The first-order valence-electron chi connectivity index (χ1n) is 10.2. The summed E-state index contributed by atoms with van der Waals surface area (Å²) in [6.45, 7) is 1.73. The number of imide groups is 1. The van der Waals surface area contributed by atoms with Gasteiger partial charge >= 0.3 is 18.3 Å². The molecule has 0 radical (unpaired) electrons. The molecule has 0 spiro atoms. The normalized spacial score (nSPS) is 22.9. The van der Waals surface area contributed by atoms with Crippen LogP contribution in [0.15, 0.2) is 24.3 Å². The van der Waals surface area contributed by atoms with E-state index in [-0.39, 0.29) is 38.1 Å². The highest BCUT2D eigenvalue weighted by molar-refractivity contribution is 7.89. The monoisotopic (exact) mass is 515 g/mol. The van der Waals surface area contributed by atoms with Crippen LogP contribution in [0.1, 0.15) is 26.2 Å². The van der Waals surface area contributed by atoms with Gasteiger partial charge in [-0.1, -0.05) is 6.92 Å². The van der Waals surface area contributed by atoms with E-state index in [2.05, 4.69) is 10.1 Å². The molecular weight excluding hydrogens is 493 g/mol. The van der Waals surface area contributed by atoms with Crippen molar-refractivity contribution in [3.8, 4) is 11.5 Å². The number of amides is 3. The molecule has 2 heterocycles. The van der Waals surface area contributed by atoms with Gasteiger partial charge in [-0.2, -0.15) is 22.0 Å². The molecule has 0 aliphatic carbocycles. The zero-order valence-corrected chi connectivity index (χ0v) is 18.6. The fraction of sp³-hybridized carbons (Fsp3) is 0.579. The molecule has 15 heteroatoms. The average Bonchev–Trinajstić information content (AvgIpc) is 3.01. The molecule has 2 fully saturated rings. The van der Waals surface area contributed by atoms with E-state index in [1.54, 1.807) is 6.92 Å². The van der Waals surface area contributed by atoms with Gasteiger partial charge in [0.1, 0.15) is 23.1 Å². The number of nitrogens with zero attached hydrogens (tertiary/aromatic N) is 1. The summed E-state index contributed by atoms with van der Waals surface area (Å²) in [5, 5.41) is 4.42. The summed E-state index contributed by atoms with van der Waals surface area (Å²) < 4.78 is 98.9. The number of rotatable bonds is 8. The molecule has 1 aromatic rings. The lowest BCUT2D eigenvalue weighted by Gasteiger charge is -2.34. The van der Waals surface area contributed by atoms with Crippen LogP contribution in [-0.4, -0.2) is 67.4 Å². The molecule has 3 amide bonds. The van der Waals surface area contributed by atoms with Gasteiger partial charge in [0.15, 0.2) is 0 Å². The van der Waals surface area contributed by atoms with Crippen molar-refractivity contribution in [1.29, 1.82) is 0 Å². The van der Waals surface area contributed by atoms with Crippen molar-refractivity contribution >= 4 is 22.0 Å². The van der Waals surface area contributed by atoms with E-state index in [0.29, 0.717) is 0 Å². The van der Waals surface area contributed by atoms with Gasteiger partial charge in [0.2, 0.25) is 10.0 Å². The number of halogens is 5. The highest BCUT2D eigenvalue weighted by atomic mass is 32.2. The second-order valence-corrected chi connectivity index (χ2v) is 9.87. The molecule has 3 rings (SSSR count). The third kappa shape index (κ3) is 5.51. The van der Waals surface area contributed by atoms with Crippen LogP contribution in [0.25, 0.3) is 0 Å². The Morgan fingerprint density at radius 2 is 1.62 bits per heavy atom. The second kappa shape index (κ2) is 9.17. The predicted octanol–water partition coefficient (Wildman–Crippen LogP) is 2.38. The first-order valence-corrected chi connectivity index (χ1v) is 11.8. The number of nitrogens with one attached hydrogen (secondary N) is 2. The number of benzene rings is 1. The summed E-state index contributed by atoms with van der Waals surface area (Å²) in [7, 11) is -3.90. The molecule has 190 valence electrons. The Bertz CT molecular complexity index is 1030. The molecule has 0 bridgehead atoms. The molecule has 2 saturated heterocycles. The molecule has 2 aliphatic rings. The zero-order valence-electron chi connectivity index (χ0n) is 17.8. The third-order valence-electron chi connectivity index (χ3n) is 5.54. The lowest BCUT2D eigenvalue weighted by molar-refractivity contribution is -0.360. The largest absolute Gasteiger partial charge is 0.499 e. The van der Waals surface area contributed by atoms with Gasteiger partial charge in [-0.15, -0.1) is 0 Å². The quantitative estimate of drug-likeness (QED) is 0.406. The molecule has 34 heavy (non-hydrogen) atoms. The van der Waals surface area contributed by atoms with Crippen molar-refractivity contribution in [2.45, 2.75) is 50.1 Å². The van der Waals surface area contributed by atoms with Crippen molar-refractivity contribution in [3.63, 3.8) is 0 Å². The van der Waals surface area contributed by atoms with Crippen LogP contribution >= 0.6 is 0 Å². The Balaban J connectivity index is 1.55. The van der Waals surface area contributed by atoms with E-state index >= 15 is 0 Å². The number of hydrogen-bond acceptors (Lipinski definition) is 6. The minimum atomic E-state index is -5.86. The van der Waals surface area contributed by atoms with Gasteiger partial charge in [0.25, 0.3) is 5.91 Å². The van der Waals surface area contributed by atoms with Crippen LogP contribution in [0.3, 0.4) is 0 Å². The van der Waals surface area contributed by atoms with Crippen LogP contribution in [-0.2, 0) is 14.8 Å². The van der Waals surface area contributed by atoms with E-state index in [0.717, 1.165) is 24.3 Å². The van der Waals surface area contributed by atoms with Gasteiger partial charge in [-0.3, -0.25) is 10.1 Å². The number of piperidine rings is 1. The Kier molecular flexibility index (Phi) is 6.99. The maximum Gasteiger partial charge on any atom is 0.499 e. The molecule has 1 atom stereocenters. The molecular formula is C19H22F5N3O6S. The van der Waals surface area contributed by atoms with Crippen LogP contribution < -0.4 is 20.1 Å². The smallest absolute Gasteiger partial charge is 0.490 e. The fourth-order valence-corrected chi connectivity index (χ4v) is 5.58. The van der Waals surface area contributed by atoms with Gasteiger partial charge in [-0.25, -0.2) is 17.5 Å². The maximum atomic E-state index is 13.0. The molecule has 0 saturated carbocycles. The van der Waals surface area contributed by atoms with E-state index in [1.807, 2.05) is 5.32 Å². The van der Waals surface area contributed by atoms with Gasteiger partial charge < -0.3 is 14.8 Å². The van der Waals surface area contributed by atoms with Crippen LogP contribution in [0, 0.1) is 0 Å². The summed E-state index contributed by atoms with van der Waals surface area (Å²) in [6.07, 6.45) is -11.0. The van der Waals surface area contributed by atoms with E-state index in [4.69, 9.17) is 4.74 Å². The predicted molar refractivity (Wildman–Crippen MR) is 107 cm³/mol. The molecule has 1 aromatic carbocycles. The van der Waals surface area contributed by atoms with Crippen LogP contribution in [0.5, 0.6) is 11.5 Å². The van der Waals surface area contributed by atoms with Crippen molar-refractivity contribution in [2.24, 2.45) is 0 Å². The van der Waals surface area contributed by atoms with Gasteiger partial charge in [0, 0.05) is 13.1 Å². The minimum Gasteiger partial charge on any atom is -0.490 e. The lowest BCUT2D eigenvalue weighted by Crippen LogP contribution is -2.55. The first kappa shape index (κ1) is 25.9. The Morgan fingerprint density at radius 1 is 1.06 bits per heavy atom. The second-order valence-electron chi connectivity index (χ2n) is 7.90. The molecule has 0 aromatic heterocycles. The third-order valence-corrected chi connectivity index (χ3v) is 7.55. The van der Waals surface area contributed by atoms with Crippen LogP contribution in [0.4, 0.5) is 26.7 Å². The summed E-state index contributed by atoms with van der Waals surface area (Å²) in [5.41, 5.74) is -1.55. The number of carbonyl (C=O) groups is 2. The Labute approximate surface area is 191 Å². The summed E-state index contributed by atoms with van der Waals surface area (Å²) in [6, 6.07) is 3.38. The van der Waals surface area contributed by atoms with E-state index < -0.39 is 57.4 Å². The number of carbonyl (C=O) groups excluding carboxylic acids is 2. The number of urea groups is 1. The van der Waals surface area contributed by atoms with Crippen molar-refractivity contribution in [2.75, 3.05) is 18.8 Å². The molecule has 2 N–H and O–H groups in total. The average molecular weight is 515 g/mol.